The molecule has 1 heteroatoms. The summed E-state index contributed by atoms with van der Waals surface area (Å²) in [7, 11) is 0. The summed E-state index contributed by atoms with van der Waals surface area (Å²) >= 11 is 0. The number of rotatable bonds is 2. The van der Waals surface area contributed by atoms with Gasteiger partial charge in [0.15, 0.2) is 0 Å². The van der Waals surface area contributed by atoms with Crippen molar-refractivity contribution in [2.24, 2.45) is 0 Å². The van der Waals surface area contributed by atoms with E-state index >= 15 is 0 Å². The smallest absolute Gasteiger partial charge is 0.133 e. The van der Waals surface area contributed by atoms with Crippen LogP contribution in [0.1, 0.15) is 5.56 Å². The van der Waals surface area contributed by atoms with Crippen LogP contribution in [-0.4, -0.2) is 11.2 Å². The summed E-state index contributed by atoms with van der Waals surface area (Å²) in [5.41, 5.74) is 1.03. The lowest BCUT2D eigenvalue weighted by Gasteiger charge is -1.93. The molecule has 0 aliphatic carbocycles. The first-order valence-electron chi connectivity index (χ1n) is 3.70. The Hall–Kier alpha value is -1.52. The molecule has 0 aliphatic rings. The van der Waals surface area contributed by atoms with Gasteiger partial charge in [-0.2, -0.15) is 0 Å². The standard InChI is InChI=1S/C11H10O/c1-2-11(12)9-8-10-6-4-3-5-7-10/h1,3-9,11-12H/b9-8+/t11-/m1/s1. The zero-order valence-electron chi connectivity index (χ0n) is 6.64. The number of hydrogen-bond donors (Lipinski definition) is 1. The monoisotopic (exact) mass is 158 g/mol. The molecule has 0 bridgehead atoms. The molecule has 0 amide bonds. The highest BCUT2D eigenvalue weighted by atomic mass is 16.3. The van der Waals surface area contributed by atoms with E-state index in [1.165, 1.54) is 0 Å². The first-order valence-corrected chi connectivity index (χ1v) is 3.70. The number of hydrogen-bond acceptors (Lipinski definition) is 1. The highest BCUT2D eigenvalue weighted by molar-refractivity contribution is 5.49. The van der Waals surface area contributed by atoms with Crippen LogP contribution in [0.15, 0.2) is 36.4 Å². The third-order valence-corrected chi connectivity index (χ3v) is 1.44. The Bertz CT molecular complexity index is 293. The highest BCUT2D eigenvalue weighted by Crippen LogP contribution is 2.01. The third-order valence-electron chi connectivity index (χ3n) is 1.44. The van der Waals surface area contributed by atoms with Gasteiger partial charge < -0.3 is 5.11 Å². The molecular formula is C11H10O. The van der Waals surface area contributed by atoms with Crippen molar-refractivity contribution in [3.05, 3.63) is 42.0 Å². The van der Waals surface area contributed by atoms with Gasteiger partial charge in [-0.05, 0) is 11.6 Å². The summed E-state index contributed by atoms with van der Waals surface area (Å²) in [6, 6.07) is 9.69. The predicted octanol–water partition coefficient (Wildman–Crippen LogP) is 1.69. The minimum Gasteiger partial charge on any atom is -0.377 e. The zero-order valence-corrected chi connectivity index (χ0v) is 6.64. The SMILES string of the molecule is C#C[C@@H](O)/C=C/c1ccccc1. The summed E-state index contributed by atoms with van der Waals surface area (Å²) in [4.78, 5) is 0. The number of benzene rings is 1. The normalized spacial score (nSPS) is 12.7. The number of aliphatic hydroxyl groups excluding tert-OH is 1. The van der Waals surface area contributed by atoms with Gasteiger partial charge in [-0.1, -0.05) is 42.3 Å². The van der Waals surface area contributed by atoms with E-state index in [2.05, 4.69) is 5.92 Å². The lowest BCUT2D eigenvalue weighted by molar-refractivity contribution is 0.282. The Balaban J connectivity index is 2.65. The fraction of sp³-hybridized carbons (Fsp3) is 0.0909. The van der Waals surface area contributed by atoms with Crippen molar-refractivity contribution in [3.8, 4) is 12.3 Å². The Labute approximate surface area is 72.4 Å². The van der Waals surface area contributed by atoms with Crippen molar-refractivity contribution in [1.82, 2.24) is 0 Å². The van der Waals surface area contributed by atoms with Crippen LogP contribution in [0.3, 0.4) is 0 Å². The van der Waals surface area contributed by atoms with E-state index < -0.39 is 6.10 Å². The maximum absolute atomic E-state index is 9.00. The summed E-state index contributed by atoms with van der Waals surface area (Å²) in [6.07, 6.45) is 7.57. The van der Waals surface area contributed by atoms with Gasteiger partial charge in [0, 0.05) is 0 Å². The van der Waals surface area contributed by atoms with Crippen molar-refractivity contribution in [3.63, 3.8) is 0 Å². The molecule has 1 nitrogen and oxygen atoms in total. The molecule has 0 saturated heterocycles. The van der Waals surface area contributed by atoms with E-state index in [1.54, 1.807) is 12.2 Å². The molecule has 60 valence electrons. The molecule has 12 heavy (non-hydrogen) atoms. The lowest BCUT2D eigenvalue weighted by Crippen LogP contribution is -1.94. The van der Waals surface area contributed by atoms with Crippen LogP contribution in [0.25, 0.3) is 6.08 Å². The Morgan fingerprint density at radius 3 is 2.58 bits per heavy atom. The van der Waals surface area contributed by atoms with Crippen LogP contribution in [-0.2, 0) is 0 Å². The molecular weight excluding hydrogens is 148 g/mol. The fourth-order valence-corrected chi connectivity index (χ4v) is 0.822. The van der Waals surface area contributed by atoms with Crippen molar-refractivity contribution in [2.75, 3.05) is 0 Å². The highest BCUT2D eigenvalue weighted by Gasteiger charge is 1.88. The second-order valence-electron chi connectivity index (χ2n) is 2.38. The Morgan fingerprint density at radius 1 is 1.33 bits per heavy atom. The molecule has 0 saturated carbocycles. The van der Waals surface area contributed by atoms with Gasteiger partial charge in [0.2, 0.25) is 0 Å². The zero-order chi connectivity index (χ0) is 8.81. The van der Waals surface area contributed by atoms with E-state index in [4.69, 9.17) is 11.5 Å². The third kappa shape index (κ3) is 2.61. The summed E-state index contributed by atoms with van der Waals surface area (Å²) in [6.45, 7) is 0. The molecule has 1 atom stereocenters. The minimum atomic E-state index is -0.787. The lowest BCUT2D eigenvalue weighted by atomic mass is 10.2. The maximum atomic E-state index is 9.00. The van der Waals surface area contributed by atoms with E-state index in [1.807, 2.05) is 30.3 Å². The number of aliphatic hydroxyl groups is 1. The van der Waals surface area contributed by atoms with Crippen LogP contribution in [0.4, 0.5) is 0 Å². The first kappa shape index (κ1) is 8.58. The van der Waals surface area contributed by atoms with Crippen LogP contribution in [0, 0.1) is 12.3 Å². The quantitative estimate of drug-likeness (QED) is 0.649. The summed E-state index contributed by atoms with van der Waals surface area (Å²) in [5, 5.41) is 9.00. The molecule has 1 N–H and O–H groups in total. The molecule has 1 rings (SSSR count). The largest absolute Gasteiger partial charge is 0.377 e. The molecule has 0 aromatic heterocycles. The van der Waals surface area contributed by atoms with Crippen molar-refractivity contribution in [1.29, 1.82) is 0 Å². The average Bonchev–Trinajstić information content (AvgIpc) is 2.16. The molecule has 0 aliphatic heterocycles. The van der Waals surface area contributed by atoms with Crippen LogP contribution in [0.2, 0.25) is 0 Å². The molecule has 0 heterocycles. The second-order valence-corrected chi connectivity index (χ2v) is 2.38. The van der Waals surface area contributed by atoms with Gasteiger partial charge in [0.05, 0.1) is 0 Å². The van der Waals surface area contributed by atoms with E-state index in [-0.39, 0.29) is 0 Å². The minimum absolute atomic E-state index is 0.787. The topological polar surface area (TPSA) is 20.2 Å². The predicted molar refractivity (Wildman–Crippen MR) is 50.3 cm³/mol. The molecule has 0 spiro atoms. The Morgan fingerprint density at radius 2 is 2.00 bits per heavy atom. The molecule has 1 aromatic carbocycles. The average molecular weight is 158 g/mol. The summed E-state index contributed by atoms with van der Waals surface area (Å²) in [5.74, 6) is 2.20. The van der Waals surface area contributed by atoms with Crippen molar-refractivity contribution >= 4 is 6.08 Å². The van der Waals surface area contributed by atoms with Gasteiger partial charge >= 0.3 is 0 Å². The Kier molecular flexibility index (Phi) is 3.13. The molecule has 1 aromatic rings. The van der Waals surface area contributed by atoms with Gasteiger partial charge in [-0.15, -0.1) is 6.42 Å². The summed E-state index contributed by atoms with van der Waals surface area (Å²) < 4.78 is 0. The van der Waals surface area contributed by atoms with E-state index in [9.17, 15) is 0 Å². The van der Waals surface area contributed by atoms with Crippen LogP contribution < -0.4 is 0 Å². The first-order chi connectivity index (χ1) is 5.83. The van der Waals surface area contributed by atoms with Gasteiger partial charge in [-0.25, -0.2) is 0 Å². The fourth-order valence-electron chi connectivity index (χ4n) is 0.822. The van der Waals surface area contributed by atoms with Gasteiger partial charge in [-0.3, -0.25) is 0 Å². The molecule has 0 fully saturated rings. The maximum Gasteiger partial charge on any atom is 0.133 e. The van der Waals surface area contributed by atoms with E-state index in [0.717, 1.165) is 5.56 Å². The van der Waals surface area contributed by atoms with E-state index in [0.29, 0.717) is 0 Å². The van der Waals surface area contributed by atoms with Gasteiger partial charge in [0.25, 0.3) is 0 Å². The molecule has 0 unspecified atom stereocenters. The van der Waals surface area contributed by atoms with Gasteiger partial charge in [0.1, 0.15) is 6.10 Å². The second kappa shape index (κ2) is 4.38. The van der Waals surface area contributed by atoms with Crippen molar-refractivity contribution in [2.45, 2.75) is 6.10 Å². The van der Waals surface area contributed by atoms with Crippen LogP contribution >= 0.6 is 0 Å². The molecule has 0 radical (unpaired) electrons. The van der Waals surface area contributed by atoms with Crippen LogP contribution in [0.5, 0.6) is 0 Å². The number of terminal acetylenes is 1. The van der Waals surface area contributed by atoms with Crippen molar-refractivity contribution < 1.29 is 5.11 Å².